The predicted molar refractivity (Wildman–Crippen MR) is 109 cm³/mol. The fourth-order valence-electron chi connectivity index (χ4n) is 3.67. The van der Waals surface area contributed by atoms with Gasteiger partial charge in [-0.3, -0.25) is 4.90 Å². The summed E-state index contributed by atoms with van der Waals surface area (Å²) in [6, 6.07) is 0. The molecule has 7 atom stereocenters. The Labute approximate surface area is 170 Å². The summed E-state index contributed by atoms with van der Waals surface area (Å²) in [6.07, 6.45) is -0.181. The third-order valence-electron chi connectivity index (χ3n) is 6.02. The van der Waals surface area contributed by atoms with Crippen molar-refractivity contribution in [2.75, 3.05) is 26.8 Å². The molecule has 1 aliphatic rings. The van der Waals surface area contributed by atoms with Crippen molar-refractivity contribution < 1.29 is 30.3 Å². The summed E-state index contributed by atoms with van der Waals surface area (Å²) < 4.78 is 5.71. The molecule has 0 aliphatic carbocycles. The van der Waals surface area contributed by atoms with Gasteiger partial charge in [0.25, 0.3) is 0 Å². The molecule has 0 aromatic heterocycles. The molecular weight excluding hydrogens is 362 g/mol. The van der Waals surface area contributed by atoms with Gasteiger partial charge in [0.15, 0.2) is 0 Å². The summed E-state index contributed by atoms with van der Waals surface area (Å²) >= 11 is 0. The molecule has 1 rings (SSSR count). The van der Waals surface area contributed by atoms with E-state index in [-0.39, 0.29) is 6.54 Å². The number of rotatable bonds is 15. The van der Waals surface area contributed by atoms with Gasteiger partial charge in [0.1, 0.15) is 24.0 Å². The first-order valence-electron chi connectivity index (χ1n) is 10.7. The Morgan fingerprint density at radius 3 is 1.86 bits per heavy atom. The maximum atomic E-state index is 10.2. The molecule has 0 aromatic carbocycles. The van der Waals surface area contributed by atoms with E-state index in [1.54, 1.807) is 0 Å². The minimum Gasteiger partial charge on any atom is -0.394 e. The second kappa shape index (κ2) is 11.8. The Bertz CT molecular complexity index is 431. The summed E-state index contributed by atoms with van der Waals surface area (Å²) in [5.74, 6) is 1.95. The Kier molecular flexibility index (Phi) is 10.8. The lowest BCUT2D eigenvalue weighted by Crippen LogP contribution is -2.51. The van der Waals surface area contributed by atoms with Crippen molar-refractivity contribution in [2.45, 2.75) is 89.9 Å². The number of ether oxygens (including phenoxy) is 1. The van der Waals surface area contributed by atoms with Crippen LogP contribution < -0.4 is 0 Å². The smallest absolute Gasteiger partial charge is 0.145 e. The van der Waals surface area contributed by atoms with Crippen molar-refractivity contribution >= 4 is 0 Å². The van der Waals surface area contributed by atoms with E-state index >= 15 is 0 Å². The summed E-state index contributed by atoms with van der Waals surface area (Å²) in [5, 5.41) is 48.3. The third-order valence-corrected chi connectivity index (χ3v) is 6.02. The highest BCUT2D eigenvalue weighted by atomic mass is 16.6. The number of nitrogens with zero attached hydrogens (tertiary/aromatic N) is 1. The molecular formula is C21H43NO6. The van der Waals surface area contributed by atoms with Crippen LogP contribution in [0.15, 0.2) is 0 Å². The lowest BCUT2D eigenvalue weighted by Gasteiger charge is -2.32. The van der Waals surface area contributed by atoms with E-state index in [2.05, 4.69) is 27.7 Å². The van der Waals surface area contributed by atoms with E-state index in [1.165, 1.54) is 19.3 Å². The first-order valence-corrected chi connectivity index (χ1v) is 10.7. The molecule has 0 spiro atoms. The van der Waals surface area contributed by atoms with Crippen LogP contribution in [0.25, 0.3) is 0 Å². The monoisotopic (exact) mass is 405 g/mol. The molecule has 168 valence electrons. The Balaban J connectivity index is 2.43. The number of hydrogen-bond acceptors (Lipinski definition) is 7. The van der Waals surface area contributed by atoms with Crippen LogP contribution in [0.1, 0.15) is 59.8 Å². The van der Waals surface area contributed by atoms with Gasteiger partial charge >= 0.3 is 0 Å². The summed E-state index contributed by atoms with van der Waals surface area (Å²) in [4.78, 5) is 1.87. The molecule has 0 radical (unpaired) electrons. The molecule has 1 heterocycles. The molecule has 7 nitrogen and oxygen atoms in total. The quantitative estimate of drug-likeness (QED) is 0.258. The Morgan fingerprint density at radius 2 is 1.36 bits per heavy atom. The van der Waals surface area contributed by atoms with Gasteiger partial charge in [-0.1, -0.05) is 53.4 Å². The standard InChI is InChI=1S/C21H43NO6/c1-14(2)6-7-15(3)8-9-16(4)10-21(13-28-21)22(5)11-17(24)19(26)20(27)18(25)12-23/h14-20,23-27H,6-13H2,1-5H3. The van der Waals surface area contributed by atoms with Crippen molar-refractivity contribution in [1.29, 1.82) is 0 Å². The topological polar surface area (TPSA) is 117 Å². The maximum absolute atomic E-state index is 10.2. The highest BCUT2D eigenvalue weighted by Gasteiger charge is 2.50. The second-order valence-corrected chi connectivity index (χ2v) is 9.38. The largest absolute Gasteiger partial charge is 0.394 e. The van der Waals surface area contributed by atoms with Crippen LogP contribution in [0.4, 0.5) is 0 Å². The zero-order valence-electron chi connectivity index (χ0n) is 18.3. The van der Waals surface area contributed by atoms with E-state index in [0.29, 0.717) is 12.5 Å². The molecule has 0 bridgehead atoms. The predicted octanol–water partition coefficient (Wildman–Crippen LogP) is 0.959. The van der Waals surface area contributed by atoms with Gasteiger partial charge in [0.05, 0.1) is 19.3 Å². The van der Waals surface area contributed by atoms with Crippen LogP contribution in [-0.2, 0) is 4.74 Å². The van der Waals surface area contributed by atoms with Gasteiger partial charge in [-0.2, -0.15) is 0 Å². The van der Waals surface area contributed by atoms with Gasteiger partial charge in [-0.05, 0) is 31.2 Å². The molecule has 1 aliphatic heterocycles. The molecule has 0 amide bonds. The average molecular weight is 406 g/mol. The molecule has 0 aromatic rings. The van der Waals surface area contributed by atoms with Gasteiger partial charge in [0.2, 0.25) is 0 Å². The number of aliphatic hydroxyl groups excluding tert-OH is 5. The van der Waals surface area contributed by atoms with E-state index in [1.807, 2.05) is 11.9 Å². The van der Waals surface area contributed by atoms with Gasteiger partial charge in [-0.15, -0.1) is 0 Å². The Hall–Kier alpha value is -0.280. The number of likely N-dealkylation sites (N-methyl/N-ethyl adjacent to an activating group) is 1. The average Bonchev–Trinajstić information content (AvgIpc) is 3.43. The molecule has 28 heavy (non-hydrogen) atoms. The van der Waals surface area contributed by atoms with Crippen LogP contribution in [0.5, 0.6) is 0 Å². The Morgan fingerprint density at radius 1 is 0.857 bits per heavy atom. The van der Waals surface area contributed by atoms with Crippen LogP contribution in [0.2, 0.25) is 0 Å². The van der Waals surface area contributed by atoms with Gasteiger partial charge in [-0.25, -0.2) is 0 Å². The number of epoxide rings is 1. The van der Waals surface area contributed by atoms with Crippen molar-refractivity contribution in [1.82, 2.24) is 4.90 Å². The first kappa shape index (κ1) is 25.8. The summed E-state index contributed by atoms with van der Waals surface area (Å²) in [6.45, 7) is 9.06. The fraction of sp³-hybridized carbons (Fsp3) is 1.00. The zero-order valence-corrected chi connectivity index (χ0v) is 18.3. The minimum atomic E-state index is -1.60. The van der Waals surface area contributed by atoms with E-state index < -0.39 is 36.7 Å². The van der Waals surface area contributed by atoms with E-state index in [0.717, 1.165) is 24.7 Å². The maximum Gasteiger partial charge on any atom is 0.145 e. The highest BCUT2D eigenvalue weighted by molar-refractivity contribution is 4.94. The van der Waals surface area contributed by atoms with Crippen LogP contribution in [0, 0.1) is 17.8 Å². The molecule has 5 N–H and O–H groups in total. The molecule has 1 saturated heterocycles. The number of hydrogen-bond donors (Lipinski definition) is 5. The molecule has 0 saturated carbocycles. The van der Waals surface area contributed by atoms with Crippen molar-refractivity contribution in [3.63, 3.8) is 0 Å². The first-order chi connectivity index (χ1) is 13.0. The second-order valence-electron chi connectivity index (χ2n) is 9.38. The van der Waals surface area contributed by atoms with Crippen molar-refractivity contribution in [3.8, 4) is 0 Å². The fourth-order valence-corrected chi connectivity index (χ4v) is 3.67. The van der Waals surface area contributed by atoms with E-state index in [4.69, 9.17) is 9.84 Å². The summed E-state index contributed by atoms with van der Waals surface area (Å²) in [7, 11) is 1.83. The van der Waals surface area contributed by atoms with Crippen molar-refractivity contribution in [2.24, 2.45) is 17.8 Å². The van der Waals surface area contributed by atoms with Crippen molar-refractivity contribution in [3.05, 3.63) is 0 Å². The lowest BCUT2D eigenvalue weighted by molar-refractivity contribution is -0.123. The zero-order chi connectivity index (χ0) is 21.5. The lowest BCUT2D eigenvalue weighted by atomic mass is 9.89. The van der Waals surface area contributed by atoms with Crippen LogP contribution >= 0.6 is 0 Å². The van der Waals surface area contributed by atoms with Gasteiger partial charge < -0.3 is 30.3 Å². The van der Waals surface area contributed by atoms with Gasteiger partial charge in [0, 0.05) is 6.54 Å². The minimum absolute atomic E-state index is 0.105. The van der Waals surface area contributed by atoms with E-state index in [9.17, 15) is 20.4 Å². The molecule has 7 unspecified atom stereocenters. The molecule has 7 heteroatoms. The van der Waals surface area contributed by atoms with Crippen LogP contribution in [0.3, 0.4) is 0 Å². The van der Waals surface area contributed by atoms with Crippen LogP contribution in [-0.4, -0.2) is 87.4 Å². The molecule has 1 fully saturated rings. The normalized spacial score (nSPS) is 26.1. The number of aliphatic hydroxyl groups is 5. The summed E-state index contributed by atoms with van der Waals surface area (Å²) in [5.41, 5.74) is -0.429. The SMILES string of the molecule is CC(C)CCC(C)CCC(C)CC1(N(C)CC(O)C(O)C(O)C(O)CO)CO1. The highest BCUT2D eigenvalue weighted by Crippen LogP contribution is 2.38. The third kappa shape index (κ3) is 8.22.